The molecule has 0 saturated carbocycles. The zero-order chi connectivity index (χ0) is 10.0. The molecule has 0 heterocycles. The van der Waals surface area contributed by atoms with E-state index >= 15 is 0 Å². The van der Waals surface area contributed by atoms with Gasteiger partial charge in [0, 0.05) is 11.5 Å². The molecule has 1 aromatic rings. The van der Waals surface area contributed by atoms with Crippen molar-refractivity contribution in [3.05, 3.63) is 48.0 Å². The van der Waals surface area contributed by atoms with Crippen LogP contribution in [0.1, 0.15) is 25.3 Å². The summed E-state index contributed by atoms with van der Waals surface area (Å²) in [6.45, 7) is 2.28. The maximum Gasteiger partial charge on any atom is 0.0224 e. The van der Waals surface area contributed by atoms with Gasteiger partial charge in [-0.15, -0.1) is 0 Å². The standard InChI is InChI=1S/C13H17N/c1-13(9-7-12(14)8-10-13)11-5-3-2-4-6-11/h2-7,9,12H,8,10,14H2,1H3. The molecule has 0 fully saturated rings. The maximum absolute atomic E-state index is 5.85. The molecule has 1 aromatic carbocycles. The summed E-state index contributed by atoms with van der Waals surface area (Å²) in [7, 11) is 0. The highest BCUT2D eigenvalue weighted by Gasteiger charge is 2.26. The van der Waals surface area contributed by atoms with Crippen LogP contribution in [0.5, 0.6) is 0 Å². The normalized spacial score (nSPS) is 31.7. The first-order valence-electron chi connectivity index (χ1n) is 5.21. The smallest absolute Gasteiger partial charge is 0.0224 e. The van der Waals surface area contributed by atoms with Crippen molar-refractivity contribution in [1.29, 1.82) is 0 Å². The minimum atomic E-state index is 0.192. The van der Waals surface area contributed by atoms with Gasteiger partial charge in [0.1, 0.15) is 0 Å². The lowest BCUT2D eigenvalue weighted by atomic mass is 9.74. The molecule has 1 heteroatoms. The lowest BCUT2D eigenvalue weighted by molar-refractivity contribution is 0.470. The molecule has 0 spiro atoms. The highest BCUT2D eigenvalue weighted by molar-refractivity contribution is 5.31. The van der Waals surface area contributed by atoms with Gasteiger partial charge in [-0.25, -0.2) is 0 Å². The van der Waals surface area contributed by atoms with Gasteiger partial charge < -0.3 is 5.73 Å². The van der Waals surface area contributed by atoms with Gasteiger partial charge >= 0.3 is 0 Å². The highest BCUT2D eigenvalue weighted by Crippen LogP contribution is 2.33. The third kappa shape index (κ3) is 1.73. The number of hydrogen-bond acceptors (Lipinski definition) is 1. The van der Waals surface area contributed by atoms with Crippen molar-refractivity contribution in [2.24, 2.45) is 5.73 Å². The summed E-state index contributed by atoms with van der Waals surface area (Å²) in [4.78, 5) is 0. The van der Waals surface area contributed by atoms with Crippen LogP contribution in [0.25, 0.3) is 0 Å². The van der Waals surface area contributed by atoms with E-state index in [0.29, 0.717) is 0 Å². The maximum atomic E-state index is 5.85. The summed E-state index contributed by atoms with van der Waals surface area (Å²) < 4.78 is 0. The van der Waals surface area contributed by atoms with E-state index in [2.05, 4.69) is 49.4 Å². The van der Waals surface area contributed by atoms with Crippen molar-refractivity contribution in [3.63, 3.8) is 0 Å². The molecule has 74 valence electrons. The Labute approximate surface area is 85.6 Å². The number of allylic oxidation sites excluding steroid dienone is 1. The molecule has 1 aliphatic rings. The molecule has 0 saturated heterocycles. The predicted octanol–water partition coefficient (Wildman–Crippen LogP) is 2.62. The minimum absolute atomic E-state index is 0.192. The molecule has 14 heavy (non-hydrogen) atoms. The van der Waals surface area contributed by atoms with E-state index in [0.717, 1.165) is 12.8 Å². The molecule has 2 unspecified atom stereocenters. The average Bonchev–Trinajstić information content (AvgIpc) is 2.24. The summed E-state index contributed by atoms with van der Waals surface area (Å²) in [6.07, 6.45) is 6.63. The Bertz CT molecular complexity index is 328. The van der Waals surface area contributed by atoms with Crippen LogP contribution in [0.4, 0.5) is 0 Å². The lowest BCUT2D eigenvalue weighted by Gasteiger charge is -2.31. The average molecular weight is 187 g/mol. The van der Waals surface area contributed by atoms with Gasteiger partial charge in [-0.05, 0) is 18.4 Å². The second kappa shape index (κ2) is 3.58. The summed E-state index contributed by atoms with van der Waals surface area (Å²) in [6, 6.07) is 10.9. The molecule has 0 bridgehead atoms. The SMILES string of the molecule is CC1(c2ccccc2)C=CC(N)CC1. The molecule has 2 N–H and O–H groups in total. The molecular weight excluding hydrogens is 170 g/mol. The Hall–Kier alpha value is -1.08. The largest absolute Gasteiger partial charge is 0.324 e. The van der Waals surface area contributed by atoms with Crippen molar-refractivity contribution in [1.82, 2.24) is 0 Å². The van der Waals surface area contributed by atoms with Crippen LogP contribution in [0.15, 0.2) is 42.5 Å². The van der Waals surface area contributed by atoms with Crippen molar-refractivity contribution in [2.45, 2.75) is 31.2 Å². The second-order valence-electron chi connectivity index (χ2n) is 4.35. The first-order chi connectivity index (χ1) is 6.71. The number of hydrogen-bond donors (Lipinski definition) is 1. The van der Waals surface area contributed by atoms with E-state index < -0.39 is 0 Å². The van der Waals surface area contributed by atoms with Crippen LogP contribution in [-0.4, -0.2) is 6.04 Å². The Morgan fingerprint density at radius 3 is 2.57 bits per heavy atom. The monoisotopic (exact) mass is 187 g/mol. The van der Waals surface area contributed by atoms with Crippen LogP contribution in [-0.2, 0) is 5.41 Å². The van der Waals surface area contributed by atoms with Crippen molar-refractivity contribution >= 4 is 0 Å². The molecule has 0 aliphatic heterocycles. The van der Waals surface area contributed by atoms with Gasteiger partial charge in [0.2, 0.25) is 0 Å². The summed E-state index contributed by atoms with van der Waals surface area (Å²) >= 11 is 0. The third-order valence-corrected chi connectivity index (χ3v) is 3.14. The predicted molar refractivity (Wildman–Crippen MR) is 60.1 cm³/mol. The fourth-order valence-corrected chi connectivity index (χ4v) is 2.04. The Kier molecular flexibility index (Phi) is 2.42. The molecule has 0 aromatic heterocycles. The van der Waals surface area contributed by atoms with E-state index in [1.165, 1.54) is 5.56 Å². The van der Waals surface area contributed by atoms with E-state index in [4.69, 9.17) is 5.73 Å². The van der Waals surface area contributed by atoms with Crippen LogP contribution in [0.3, 0.4) is 0 Å². The van der Waals surface area contributed by atoms with Gasteiger partial charge in [0.25, 0.3) is 0 Å². The fourth-order valence-electron chi connectivity index (χ4n) is 2.04. The van der Waals surface area contributed by atoms with Gasteiger partial charge in [-0.1, -0.05) is 49.4 Å². The number of benzene rings is 1. The number of rotatable bonds is 1. The van der Waals surface area contributed by atoms with Crippen molar-refractivity contribution in [3.8, 4) is 0 Å². The van der Waals surface area contributed by atoms with Gasteiger partial charge in [0.15, 0.2) is 0 Å². The van der Waals surface area contributed by atoms with Gasteiger partial charge in [0.05, 0.1) is 0 Å². The van der Waals surface area contributed by atoms with Crippen molar-refractivity contribution < 1.29 is 0 Å². The topological polar surface area (TPSA) is 26.0 Å². The molecular formula is C13H17N. The molecule has 0 radical (unpaired) electrons. The molecule has 1 nitrogen and oxygen atoms in total. The summed E-state index contributed by atoms with van der Waals surface area (Å²) in [5.74, 6) is 0. The van der Waals surface area contributed by atoms with Crippen LogP contribution in [0.2, 0.25) is 0 Å². The van der Waals surface area contributed by atoms with Crippen LogP contribution < -0.4 is 5.73 Å². The fraction of sp³-hybridized carbons (Fsp3) is 0.385. The van der Waals surface area contributed by atoms with Crippen LogP contribution >= 0.6 is 0 Å². The van der Waals surface area contributed by atoms with E-state index in [1.807, 2.05) is 0 Å². The van der Waals surface area contributed by atoms with Crippen molar-refractivity contribution in [2.75, 3.05) is 0 Å². The minimum Gasteiger partial charge on any atom is -0.324 e. The Balaban J connectivity index is 2.30. The summed E-state index contributed by atoms with van der Waals surface area (Å²) in [5.41, 5.74) is 7.43. The van der Waals surface area contributed by atoms with Gasteiger partial charge in [-0.3, -0.25) is 0 Å². The molecule has 1 aliphatic carbocycles. The zero-order valence-electron chi connectivity index (χ0n) is 8.61. The van der Waals surface area contributed by atoms with E-state index in [-0.39, 0.29) is 11.5 Å². The van der Waals surface area contributed by atoms with E-state index in [1.54, 1.807) is 0 Å². The first-order valence-corrected chi connectivity index (χ1v) is 5.21. The zero-order valence-corrected chi connectivity index (χ0v) is 8.61. The number of nitrogens with two attached hydrogens (primary N) is 1. The second-order valence-corrected chi connectivity index (χ2v) is 4.35. The molecule has 2 rings (SSSR count). The Morgan fingerprint density at radius 2 is 2.00 bits per heavy atom. The molecule has 2 atom stereocenters. The Morgan fingerprint density at radius 1 is 1.29 bits per heavy atom. The first kappa shape index (κ1) is 9.47. The van der Waals surface area contributed by atoms with Crippen LogP contribution in [0, 0.1) is 0 Å². The lowest BCUT2D eigenvalue weighted by Crippen LogP contribution is -2.29. The quantitative estimate of drug-likeness (QED) is 0.672. The van der Waals surface area contributed by atoms with E-state index in [9.17, 15) is 0 Å². The molecule has 0 amide bonds. The van der Waals surface area contributed by atoms with Gasteiger partial charge in [-0.2, -0.15) is 0 Å². The highest BCUT2D eigenvalue weighted by atomic mass is 14.6. The summed E-state index contributed by atoms with van der Waals surface area (Å²) in [5, 5.41) is 0. The third-order valence-electron chi connectivity index (χ3n) is 3.14.